The van der Waals surface area contributed by atoms with Crippen LogP contribution in [0.3, 0.4) is 0 Å². The molecule has 1 aliphatic rings. The molecular weight excluding hydrogens is 282 g/mol. The number of phenolic OH excluding ortho intramolecular Hbond substituents is 1. The first-order valence-corrected chi connectivity index (χ1v) is 7.07. The van der Waals surface area contributed by atoms with Gasteiger partial charge in [0.1, 0.15) is 5.75 Å². The number of hydrogen-bond donors (Lipinski definition) is 1. The second-order valence-electron chi connectivity index (χ2n) is 5.35. The number of benzene rings is 2. The van der Waals surface area contributed by atoms with E-state index in [0.717, 1.165) is 17.7 Å². The highest BCUT2D eigenvalue weighted by Crippen LogP contribution is 2.44. The zero-order chi connectivity index (χ0) is 15.7. The van der Waals surface area contributed by atoms with Crippen LogP contribution < -0.4 is 14.4 Å². The van der Waals surface area contributed by atoms with E-state index in [2.05, 4.69) is 0 Å². The highest BCUT2D eigenvalue weighted by atomic mass is 16.7. The number of aromatic hydroxyl groups is 1. The summed E-state index contributed by atoms with van der Waals surface area (Å²) in [6.07, 6.45) is 0.799. The highest BCUT2D eigenvalue weighted by Gasteiger charge is 2.21. The Morgan fingerprint density at radius 1 is 1.14 bits per heavy atom. The summed E-state index contributed by atoms with van der Waals surface area (Å²) in [5, 5.41) is 10.3. The van der Waals surface area contributed by atoms with Gasteiger partial charge in [0.25, 0.3) is 0 Å². The summed E-state index contributed by atoms with van der Waals surface area (Å²) in [6, 6.07) is 10.7. The number of ether oxygens (including phenoxy) is 2. The topological polar surface area (TPSA) is 59.0 Å². The van der Waals surface area contributed by atoms with Gasteiger partial charge < -0.3 is 19.5 Å². The zero-order valence-electron chi connectivity index (χ0n) is 12.4. The Morgan fingerprint density at radius 2 is 1.82 bits per heavy atom. The second kappa shape index (κ2) is 5.60. The van der Waals surface area contributed by atoms with Crippen LogP contribution in [0.1, 0.15) is 13.8 Å². The predicted molar refractivity (Wildman–Crippen MR) is 83.3 cm³/mol. The number of anilines is 1. The Labute approximate surface area is 128 Å². The number of phenols is 1. The van der Waals surface area contributed by atoms with Crippen LogP contribution in [-0.4, -0.2) is 24.4 Å². The first-order chi connectivity index (χ1) is 10.6. The number of carbonyl (C=O) groups excluding carboxylic acids is 1. The van der Waals surface area contributed by atoms with E-state index < -0.39 is 0 Å². The molecule has 22 heavy (non-hydrogen) atoms. The fourth-order valence-corrected chi connectivity index (χ4v) is 2.53. The third-order valence-corrected chi connectivity index (χ3v) is 3.63. The van der Waals surface area contributed by atoms with Gasteiger partial charge >= 0.3 is 0 Å². The van der Waals surface area contributed by atoms with Gasteiger partial charge in [0, 0.05) is 23.2 Å². The molecule has 0 saturated carbocycles. The Balaban J connectivity index is 2.15. The molecule has 114 valence electrons. The van der Waals surface area contributed by atoms with Crippen LogP contribution in [0.4, 0.5) is 5.69 Å². The van der Waals surface area contributed by atoms with Crippen molar-refractivity contribution in [3.8, 4) is 28.4 Å². The number of amides is 1. The van der Waals surface area contributed by atoms with Crippen molar-refractivity contribution >= 4 is 12.1 Å². The summed E-state index contributed by atoms with van der Waals surface area (Å²) >= 11 is 0. The first-order valence-electron chi connectivity index (χ1n) is 7.07. The molecule has 2 aromatic carbocycles. The van der Waals surface area contributed by atoms with Gasteiger partial charge in [-0.3, -0.25) is 4.79 Å². The molecule has 1 N–H and O–H groups in total. The maximum atomic E-state index is 11.4. The van der Waals surface area contributed by atoms with Crippen LogP contribution >= 0.6 is 0 Å². The number of hydrogen-bond acceptors (Lipinski definition) is 4. The maximum absolute atomic E-state index is 11.4. The Morgan fingerprint density at radius 3 is 2.50 bits per heavy atom. The molecule has 0 aliphatic carbocycles. The summed E-state index contributed by atoms with van der Waals surface area (Å²) < 4.78 is 10.6. The van der Waals surface area contributed by atoms with E-state index in [1.165, 1.54) is 6.07 Å². The molecule has 1 heterocycles. The normalized spacial score (nSPS) is 12.5. The molecule has 0 radical (unpaired) electrons. The summed E-state index contributed by atoms with van der Waals surface area (Å²) in [5.41, 5.74) is 2.10. The molecule has 1 aliphatic heterocycles. The van der Waals surface area contributed by atoms with E-state index in [1.807, 2.05) is 38.1 Å². The SMILES string of the molecule is CC(C)N(C=O)c1ccccc1-c1cc2c(cc1O)OCO2. The van der Waals surface area contributed by atoms with Gasteiger partial charge in [-0.05, 0) is 26.0 Å². The van der Waals surface area contributed by atoms with E-state index in [-0.39, 0.29) is 18.6 Å². The van der Waals surface area contributed by atoms with Crippen molar-refractivity contribution in [1.29, 1.82) is 0 Å². The lowest BCUT2D eigenvalue weighted by Gasteiger charge is -2.25. The average Bonchev–Trinajstić information content (AvgIpc) is 2.94. The second-order valence-corrected chi connectivity index (χ2v) is 5.35. The lowest BCUT2D eigenvalue weighted by Crippen LogP contribution is -2.29. The molecule has 0 bridgehead atoms. The fraction of sp³-hybridized carbons (Fsp3) is 0.235. The number of fused-ring (bicyclic) bond motifs is 1. The van der Waals surface area contributed by atoms with Crippen LogP contribution in [0.2, 0.25) is 0 Å². The molecule has 0 aromatic heterocycles. The molecule has 0 unspecified atom stereocenters. The van der Waals surface area contributed by atoms with Gasteiger partial charge in [-0.25, -0.2) is 0 Å². The minimum atomic E-state index is 0.00908. The van der Waals surface area contributed by atoms with Crippen LogP contribution in [0.25, 0.3) is 11.1 Å². The summed E-state index contributed by atoms with van der Waals surface area (Å²) in [6.45, 7) is 4.02. The van der Waals surface area contributed by atoms with Gasteiger partial charge in [-0.1, -0.05) is 18.2 Å². The third kappa shape index (κ3) is 2.35. The quantitative estimate of drug-likeness (QED) is 0.881. The Kier molecular flexibility index (Phi) is 3.63. The molecule has 1 amide bonds. The van der Waals surface area contributed by atoms with E-state index in [4.69, 9.17) is 9.47 Å². The number of para-hydroxylation sites is 1. The molecule has 0 atom stereocenters. The Bertz CT molecular complexity index is 712. The van der Waals surface area contributed by atoms with Crippen molar-refractivity contribution < 1.29 is 19.4 Å². The first kappa shape index (κ1) is 14.3. The number of rotatable bonds is 4. The van der Waals surface area contributed by atoms with E-state index >= 15 is 0 Å². The van der Waals surface area contributed by atoms with E-state index in [9.17, 15) is 9.90 Å². The van der Waals surface area contributed by atoms with Crippen molar-refractivity contribution in [3.05, 3.63) is 36.4 Å². The van der Waals surface area contributed by atoms with Crippen LogP contribution in [0.15, 0.2) is 36.4 Å². The lowest BCUT2D eigenvalue weighted by molar-refractivity contribution is -0.107. The molecule has 0 fully saturated rings. The van der Waals surface area contributed by atoms with Crippen LogP contribution in [-0.2, 0) is 4.79 Å². The highest BCUT2D eigenvalue weighted by molar-refractivity contribution is 5.90. The summed E-state index contributed by atoms with van der Waals surface area (Å²) in [4.78, 5) is 13.0. The average molecular weight is 299 g/mol. The minimum absolute atomic E-state index is 0.00908. The summed E-state index contributed by atoms with van der Waals surface area (Å²) in [7, 11) is 0. The van der Waals surface area contributed by atoms with Crippen molar-refractivity contribution in [2.45, 2.75) is 19.9 Å². The van der Waals surface area contributed by atoms with Gasteiger partial charge in [0.2, 0.25) is 13.2 Å². The largest absolute Gasteiger partial charge is 0.507 e. The zero-order valence-corrected chi connectivity index (χ0v) is 12.4. The molecule has 0 saturated heterocycles. The Hall–Kier alpha value is -2.69. The summed E-state index contributed by atoms with van der Waals surface area (Å²) in [5.74, 6) is 1.20. The van der Waals surface area contributed by atoms with Crippen molar-refractivity contribution in [1.82, 2.24) is 0 Å². The number of carbonyl (C=O) groups is 1. The monoisotopic (exact) mass is 299 g/mol. The predicted octanol–water partition coefficient (Wildman–Crippen LogP) is 3.16. The van der Waals surface area contributed by atoms with Crippen molar-refractivity contribution in [2.24, 2.45) is 0 Å². The molecule has 5 nitrogen and oxygen atoms in total. The molecule has 2 aromatic rings. The number of nitrogens with zero attached hydrogens (tertiary/aromatic N) is 1. The molecule has 3 rings (SSSR count). The van der Waals surface area contributed by atoms with Gasteiger partial charge in [0.15, 0.2) is 11.5 Å². The minimum Gasteiger partial charge on any atom is -0.507 e. The van der Waals surface area contributed by atoms with Gasteiger partial charge in [-0.2, -0.15) is 0 Å². The molecule has 0 spiro atoms. The standard InChI is InChI=1S/C17H17NO4/c1-11(2)18(9-19)14-6-4-3-5-12(14)13-7-16-17(8-15(13)20)22-10-21-16/h3-9,11,20H,10H2,1-2H3. The third-order valence-electron chi connectivity index (χ3n) is 3.63. The fourth-order valence-electron chi connectivity index (χ4n) is 2.53. The van der Waals surface area contributed by atoms with E-state index in [0.29, 0.717) is 17.1 Å². The van der Waals surface area contributed by atoms with E-state index in [1.54, 1.807) is 11.0 Å². The smallest absolute Gasteiger partial charge is 0.231 e. The van der Waals surface area contributed by atoms with Gasteiger partial charge in [0.05, 0.1) is 5.69 Å². The van der Waals surface area contributed by atoms with Crippen molar-refractivity contribution in [2.75, 3.05) is 11.7 Å². The van der Waals surface area contributed by atoms with Crippen molar-refractivity contribution in [3.63, 3.8) is 0 Å². The van der Waals surface area contributed by atoms with Gasteiger partial charge in [-0.15, -0.1) is 0 Å². The van der Waals surface area contributed by atoms with Crippen LogP contribution in [0, 0.1) is 0 Å². The van der Waals surface area contributed by atoms with Crippen LogP contribution in [0.5, 0.6) is 17.2 Å². The molecular formula is C17H17NO4. The molecule has 5 heteroatoms. The maximum Gasteiger partial charge on any atom is 0.231 e. The lowest BCUT2D eigenvalue weighted by atomic mass is 10.0.